The van der Waals surface area contributed by atoms with Gasteiger partial charge in [-0.1, -0.05) is 31.5 Å². The molecule has 1 aromatic rings. The topological polar surface area (TPSA) is 108 Å². The Kier molecular flexibility index (Phi) is 10.2. The number of nitrogens with one attached hydrogen (secondary N) is 2. The lowest BCUT2D eigenvalue weighted by molar-refractivity contribution is -0.141. The number of ether oxygens (including phenoxy) is 1. The number of nitrogens with zero attached hydrogens (tertiary/aromatic N) is 1. The molecule has 0 aliphatic carbocycles. The lowest BCUT2D eigenvalue weighted by Gasteiger charge is -2.32. The van der Waals surface area contributed by atoms with Crippen LogP contribution in [0.15, 0.2) is 18.2 Å². The van der Waals surface area contributed by atoms with Crippen LogP contribution in [0.3, 0.4) is 0 Å². The van der Waals surface area contributed by atoms with E-state index in [9.17, 15) is 19.5 Å². The van der Waals surface area contributed by atoms with Crippen LogP contribution in [0.1, 0.15) is 70.2 Å². The number of hydrogen-bond donors (Lipinski definition) is 3. The van der Waals surface area contributed by atoms with Crippen LogP contribution in [-0.4, -0.2) is 59.3 Å². The van der Waals surface area contributed by atoms with Crippen LogP contribution in [0.2, 0.25) is 0 Å². The number of alkyl carbamates (subject to hydrolysis) is 1. The third kappa shape index (κ3) is 7.82. The molecule has 3 atom stereocenters. The van der Waals surface area contributed by atoms with Crippen molar-refractivity contribution in [2.24, 2.45) is 0 Å². The highest BCUT2D eigenvalue weighted by Crippen LogP contribution is 2.26. The molecule has 0 bridgehead atoms. The van der Waals surface area contributed by atoms with Crippen molar-refractivity contribution in [1.29, 1.82) is 0 Å². The number of rotatable bonds is 9. The van der Waals surface area contributed by atoms with Gasteiger partial charge in [0.2, 0.25) is 11.8 Å². The van der Waals surface area contributed by atoms with Crippen LogP contribution < -0.4 is 10.6 Å². The fourth-order valence-electron chi connectivity index (χ4n) is 3.43. The van der Waals surface area contributed by atoms with Gasteiger partial charge in [-0.3, -0.25) is 9.59 Å². The summed E-state index contributed by atoms with van der Waals surface area (Å²) in [5, 5.41) is 15.2. The van der Waals surface area contributed by atoms with Gasteiger partial charge in [0.1, 0.15) is 17.7 Å². The van der Waals surface area contributed by atoms with Gasteiger partial charge in [-0.2, -0.15) is 0 Å². The summed E-state index contributed by atoms with van der Waals surface area (Å²) >= 11 is 0. The van der Waals surface area contributed by atoms with Gasteiger partial charge in [-0.05, 0) is 64.7 Å². The van der Waals surface area contributed by atoms with Crippen LogP contribution in [0.25, 0.3) is 0 Å². The number of carbonyl (C=O) groups is 3. The maximum absolute atomic E-state index is 13.3. The highest BCUT2D eigenvalue weighted by atomic mass is 16.6. The van der Waals surface area contributed by atoms with Gasteiger partial charge in [0, 0.05) is 13.1 Å². The molecule has 180 valence electrons. The molecule has 8 heteroatoms. The average molecular weight is 450 g/mol. The summed E-state index contributed by atoms with van der Waals surface area (Å²) in [6, 6.07) is 3.37. The van der Waals surface area contributed by atoms with Crippen LogP contribution in [-0.2, 0) is 14.3 Å². The molecule has 0 saturated heterocycles. The molecule has 3 unspecified atom stereocenters. The zero-order chi connectivity index (χ0) is 24.6. The molecule has 3 N–H and O–H groups in total. The van der Waals surface area contributed by atoms with E-state index in [0.717, 1.165) is 24.0 Å². The molecule has 0 fully saturated rings. The Hall–Kier alpha value is -2.61. The third-order valence-corrected chi connectivity index (χ3v) is 5.21. The van der Waals surface area contributed by atoms with Gasteiger partial charge in [-0.25, -0.2) is 4.79 Å². The Labute approximate surface area is 191 Å². The molecule has 0 aromatic heterocycles. The normalized spacial score (nSPS) is 14.2. The highest BCUT2D eigenvalue weighted by molar-refractivity contribution is 5.92. The smallest absolute Gasteiger partial charge is 0.408 e. The van der Waals surface area contributed by atoms with Gasteiger partial charge in [0.25, 0.3) is 0 Å². The van der Waals surface area contributed by atoms with E-state index >= 15 is 0 Å². The summed E-state index contributed by atoms with van der Waals surface area (Å²) in [6.45, 7) is 12.3. The number of aryl methyl sites for hydroxylation is 1. The molecule has 0 radical (unpaired) electrons. The quantitative estimate of drug-likeness (QED) is 0.537. The first-order valence-corrected chi connectivity index (χ1v) is 11.1. The molecule has 1 aromatic carbocycles. The van der Waals surface area contributed by atoms with E-state index in [2.05, 4.69) is 10.6 Å². The van der Waals surface area contributed by atoms with E-state index in [1.54, 1.807) is 20.8 Å². The first-order chi connectivity index (χ1) is 14.8. The Morgan fingerprint density at radius 1 is 1.16 bits per heavy atom. The molecule has 0 aliphatic rings. The number of aliphatic hydroxyl groups is 1. The number of benzene rings is 1. The fraction of sp³-hybridized carbons (Fsp3) is 0.625. The van der Waals surface area contributed by atoms with Crippen molar-refractivity contribution in [2.45, 2.75) is 85.0 Å². The van der Waals surface area contributed by atoms with Gasteiger partial charge < -0.3 is 25.4 Å². The molecule has 8 nitrogen and oxygen atoms in total. The first kappa shape index (κ1) is 27.4. The predicted molar refractivity (Wildman–Crippen MR) is 124 cm³/mol. The van der Waals surface area contributed by atoms with Gasteiger partial charge in [0.15, 0.2) is 0 Å². The largest absolute Gasteiger partial charge is 0.444 e. The van der Waals surface area contributed by atoms with E-state index < -0.39 is 36.3 Å². The van der Waals surface area contributed by atoms with Crippen LogP contribution >= 0.6 is 0 Å². The van der Waals surface area contributed by atoms with Gasteiger partial charge in [-0.15, -0.1) is 0 Å². The van der Waals surface area contributed by atoms with E-state index in [-0.39, 0.29) is 11.9 Å². The number of aliphatic hydroxyl groups excluding tert-OH is 1. The third-order valence-electron chi connectivity index (χ3n) is 5.21. The molecule has 3 amide bonds. The number of likely N-dealkylation sites (N-methyl/N-ethyl adjacent to an activating group) is 1. The van der Waals surface area contributed by atoms with Crippen molar-refractivity contribution in [1.82, 2.24) is 15.5 Å². The van der Waals surface area contributed by atoms with Gasteiger partial charge >= 0.3 is 6.09 Å². The number of amides is 3. The minimum absolute atomic E-state index is 0.0582. The average Bonchev–Trinajstić information content (AvgIpc) is 2.67. The summed E-state index contributed by atoms with van der Waals surface area (Å²) in [4.78, 5) is 39.9. The minimum atomic E-state index is -1.25. The minimum Gasteiger partial charge on any atom is -0.444 e. The second-order valence-electron chi connectivity index (χ2n) is 9.22. The molecule has 1 rings (SSSR count). The summed E-state index contributed by atoms with van der Waals surface area (Å²) in [5.41, 5.74) is 1.83. The summed E-state index contributed by atoms with van der Waals surface area (Å²) in [7, 11) is 1.50. The summed E-state index contributed by atoms with van der Waals surface area (Å²) < 4.78 is 5.20. The lowest BCUT2D eigenvalue weighted by atomic mass is 9.95. The zero-order valence-electron chi connectivity index (χ0n) is 20.6. The van der Waals surface area contributed by atoms with Crippen LogP contribution in [0.5, 0.6) is 0 Å². The standard InChI is InChI=1S/C24H39N3O5/c1-9-11-16(3)25-21(29)20(18-13-10-12-15(2)17(18)4)27(8)22(30)19(14-28)26-23(31)32-24(5,6)7/h10,12-13,16,19-20,28H,9,11,14H2,1-8H3,(H,25,29)(H,26,31). The molecule has 0 saturated carbocycles. The Morgan fingerprint density at radius 2 is 1.78 bits per heavy atom. The van der Waals surface area contributed by atoms with Crippen molar-refractivity contribution in [2.75, 3.05) is 13.7 Å². The maximum atomic E-state index is 13.3. The number of carbonyl (C=O) groups excluding carboxylic acids is 3. The van der Waals surface area contributed by atoms with Crippen molar-refractivity contribution in [3.8, 4) is 0 Å². The lowest BCUT2D eigenvalue weighted by Crippen LogP contribution is -2.53. The molecule has 0 heterocycles. The second-order valence-corrected chi connectivity index (χ2v) is 9.22. The van der Waals surface area contributed by atoms with Crippen molar-refractivity contribution < 1.29 is 24.2 Å². The highest BCUT2D eigenvalue weighted by Gasteiger charge is 2.35. The second kappa shape index (κ2) is 11.9. The number of hydrogen-bond acceptors (Lipinski definition) is 5. The van der Waals surface area contributed by atoms with E-state index in [4.69, 9.17) is 4.74 Å². The predicted octanol–water partition coefficient (Wildman–Crippen LogP) is 2.99. The van der Waals surface area contributed by atoms with Crippen molar-refractivity contribution in [3.05, 3.63) is 34.9 Å². The molecule has 0 aliphatic heterocycles. The Morgan fingerprint density at radius 3 is 2.31 bits per heavy atom. The molecular formula is C24H39N3O5. The van der Waals surface area contributed by atoms with E-state index in [1.165, 1.54) is 11.9 Å². The van der Waals surface area contributed by atoms with Crippen LogP contribution in [0.4, 0.5) is 4.79 Å². The molecule has 32 heavy (non-hydrogen) atoms. The Balaban J connectivity index is 3.24. The van der Waals surface area contributed by atoms with Crippen molar-refractivity contribution >= 4 is 17.9 Å². The molecule has 0 spiro atoms. The van der Waals surface area contributed by atoms with Gasteiger partial charge in [0.05, 0.1) is 6.61 Å². The zero-order valence-corrected chi connectivity index (χ0v) is 20.6. The van der Waals surface area contributed by atoms with E-state index in [0.29, 0.717) is 5.56 Å². The summed E-state index contributed by atoms with van der Waals surface area (Å²) in [5.74, 6) is -0.910. The van der Waals surface area contributed by atoms with Crippen LogP contribution in [0, 0.1) is 13.8 Å². The monoisotopic (exact) mass is 449 g/mol. The maximum Gasteiger partial charge on any atom is 0.408 e. The SMILES string of the molecule is CCCC(C)NC(=O)C(c1cccc(C)c1C)N(C)C(=O)C(CO)NC(=O)OC(C)(C)C. The Bertz CT molecular complexity index is 803. The summed E-state index contributed by atoms with van der Waals surface area (Å²) in [6.07, 6.45) is 0.904. The fourth-order valence-corrected chi connectivity index (χ4v) is 3.43. The molecular weight excluding hydrogens is 410 g/mol. The van der Waals surface area contributed by atoms with Crippen molar-refractivity contribution in [3.63, 3.8) is 0 Å². The van der Waals surface area contributed by atoms with E-state index in [1.807, 2.05) is 45.9 Å². The first-order valence-electron chi connectivity index (χ1n) is 11.1.